The van der Waals surface area contributed by atoms with Crippen molar-refractivity contribution in [3.63, 3.8) is 0 Å². The summed E-state index contributed by atoms with van der Waals surface area (Å²) in [5, 5.41) is 18.7. The molecule has 0 aliphatic heterocycles. The monoisotopic (exact) mass is 267 g/mol. The Bertz CT molecular complexity index is 366. The smallest absolute Gasteiger partial charge is 0.122 e. The van der Waals surface area contributed by atoms with Gasteiger partial charge < -0.3 is 20.7 Å². The molecule has 4 nitrogen and oxygen atoms in total. The van der Waals surface area contributed by atoms with Gasteiger partial charge in [0.25, 0.3) is 0 Å². The minimum absolute atomic E-state index is 0.125. The van der Waals surface area contributed by atoms with E-state index in [0.29, 0.717) is 19.4 Å². The number of ether oxygens (including phenoxy) is 1. The normalized spacial score (nSPS) is 14.1. The second-order valence-corrected chi connectivity index (χ2v) is 5.09. The summed E-state index contributed by atoms with van der Waals surface area (Å²) >= 11 is 0. The molecule has 0 saturated heterocycles. The molecular weight excluding hydrogens is 242 g/mol. The Morgan fingerprint density at radius 2 is 2.00 bits per heavy atom. The minimum atomic E-state index is -0.769. The molecule has 0 aliphatic rings. The number of para-hydroxylation sites is 1. The van der Waals surface area contributed by atoms with E-state index in [1.165, 1.54) is 0 Å². The molecule has 1 unspecified atom stereocenters. The quantitative estimate of drug-likeness (QED) is 0.592. The summed E-state index contributed by atoms with van der Waals surface area (Å²) < 4.78 is 5.71. The van der Waals surface area contributed by atoms with Crippen LogP contribution in [-0.2, 0) is 6.42 Å². The van der Waals surface area contributed by atoms with Crippen molar-refractivity contribution < 1.29 is 14.9 Å². The second-order valence-electron chi connectivity index (χ2n) is 5.09. The predicted octanol–water partition coefficient (Wildman–Crippen LogP) is 1.48. The third kappa shape index (κ3) is 6.05. The van der Waals surface area contributed by atoms with Gasteiger partial charge in [-0.25, -0.2) is 0 Å². The standard InChI is InChI=1S/C15H25NO3/c1-15(18,12-16)9-4-5-11-19-14-7-3-2-6-13(14)8-10-17/h2-3,6-7,17-18H,4-5,8-12,16H2,1H3. The number of benzene rings is 1. The number of nitrogens with two attached hydrogens (primary N) is 1. The predicted molar refractivity (Wildman–Crippen MR) is 76.3 cm³/mol. The lowest BCUT2D eigenvalue weighted by molar-refractivity contribution is 0.0562. The van der Waals surface area contributed by atoms with Crippen LogP contribution in [0.25, 0.3) is 0 Å². The van der Waals surface area contributed by atoms with Gasteiger partial charge in [0.2, 0.25) is 0 Å². The first-order valence-electron chi connectivity index (χ1n) is 6.83. The molecule has 0 aliphatic carbocycles. The maximum absolute atomic E-state index is 9.76. The summed E-state index contributed by atoms with van der Waals surface area (Å²) in [5.41, 5.74) is 5.72. The van der Waals surface area contributed by atoms with Gasteiger partial charge in [0.1, 0.15) is 5.75 Å². The van der Waals surface area contributed by atoms with Crippen LogP contribution in [0.2, 0.25) is 0 Å². The van der Waals surface area contributed by atoms with Crippen LogP contribution >= 0.6 is 0 Å². The molecule has 108 valence electrons. The van der Waals surface area contributed by atoms with E-state index in [0.717, 1.165) is 24.2 Å². The van der Waals surface area contributed by atoms with Crippen molar-refractivity contribution in [3.05, 3.63) is 29.8 Å². The highest BCUT2D eigenvalue weighted by atomic mass is 16.5. The Hall–Kier alpha value is -1.10. The van der Waals surface area contributed by atoms with Crippen molar-refractivity contribution in [2.24, 2.45) is 5.73 Å². The zero-order valence-electron chi connectivity index (χ0n) is 11.6. The zero-order chi connectivity index (χ0) is 14.1. The first kappa shape index (κ1) is 16.0. The van der Waals surface area contributed by atoms with Gasteiger partial charge in [-0.15, -0.1) is 0 Å². The fourth-order valence-electron chi connectivity index (χ4n) is 1.86. The molecule has 0 aromatic heterocycles. The second kappa shape index (κ2) is 8.15. The number of hydrogen-bond donors (Lipinski definition) is 3. The molecule has 1 rings (SSSR count). The Labute approximate surface area is 115 Å². The number of aliphatic hydroxyl groups excluding tert-OH is 1. The maximum atomic E-state index is 9.76. The molecule has 0 spiro atoms. The van der Waals surface area contributed by atoms with Crippen LogP contribution in [0.3, 0.4) is 0 Å². The fourth-order valence-corrected chi connectivity index (χ4v) is 1.86. The molecule has 4 heteroatoms. The summed E-state index contributed by atoms with van der Waals surface area (Å²) in [4.78, 5) is 0. The first-order chi connectivity index (χ1) is 9.09. The molecule has 19 heavy (non-hydrogen) atoms. The van der Waals surface area contributed by atoms with Crippen molar-refractivity contribution in [2.75, 3.05) is 19.8 Å². The molecule has 0 bridgehead atoms. The highest BCUT2D eigenvalue weighted by Gasteiger charge is 2.16. The Kier molecular flexibility index (Phi) is 6.84. The summed E-state index contributed by atoms with van der Waals surface area (Å²) in [6.45, 7) is 2.78. The van der Waals surface area contributed by atoms with Crippen molar-refractivity contribution in [1.82, 2.24) is 0 Å². The zero-order valence-corrected chi connectivity index (χ0v) is 11.6. The molecule has 1 atom stereocenters. The van der Waals surface area contributed by atoms with Crippen LogP contribution in [0.5, 0.6) is 5.75 Å². The van der Waals surface area contributed by atoms with E-state index in [4.69, 9.17) is 15.6 Å². The van der Waals surface area contributed by atoms with Crippen LogP contribution < -0.4 is 10.5 Å². The lowest BCUT2D eigenvalue weighted by atomic mass is 10.00. The Balaban J connectivity index is 2.29. The molecule has 0 saturated carbocycles. The van der Waals surface area contributed by atoms with Crippen LogP contribution in [0.15, 0.2) is 24.3 Å². The van der Waals surface area contributed by atoms with Crippen molar-refractivity contribution in [1.29, 1.82) is 0 Å². The molecule has 0 amide bonds. The molecule has 0 fully saturated rings. The van der Waals surface area contributed by atoms with Crippen molar-refractivity contribution in [2.45, 2.75) is 38.2 Å². The van der Waals surface area contributed by atoms with Gasteiger partial charge in [-0.1, -0.05) is 18.2 Å². The van der Waals surface area contributed by atoms with Gasteiger partial charge in [0.05, 0.1) is 12.2 Å². The van der Waals surface area contributed by atoms with E-state index < -0.39 is 5.60 Å². The molecule has 1 aromatic rings. The van der Waals surface area contributed by atoms with Gasteiger partial charge in [-0.2, -0.15) is 0 Å². The molecule has 0 radical (unpaired) electrons. The third-order valence-electron chi connectivity index (χ3n) is 3.16. The van der Waals surface area contributed by atoms with Crippen LogP contribution in [0.1, 0.15) is 31.7 Å². The Morgan fingerprint density at radius 1 is 1.26 bits per heavy atom. The highest BCUT2D eigenvalue weighted by molar-refractivity contribution is 5.33. The van der Waals surface area contributed by atoms with Gasteiger partial charge in [0, 0.05) is 13.2 Å². The number of rotatable bonds is 9. The van der Waals surface area contributed by atoms with Gasteiger partial charge >= 0.3 is 0 Å². The number of unbranched alkanes of at least 4 members (excludes halogenated alkanes) is 1. The lowest BCUT2D eigenvalue weighted by Crippen LogP contribution is -2.33. The lowest BCUT2D eigenvalue weighted by Gasteiger charge is -2.20. The average Bonchev–Trinajstić information content (AvgIpc) is 2.40. The number of aliphatic hydroxyl groups is 2. The van der Waals surface area contributed by atoms with E-state index in [-0.39, 0.29) is 13.2 Å². The molecule has 1 aromatic carbocycles. The van der Waals surface area contributed by atoms with Crippen LogP contribution in [0, 0.1) is 0 Å². The van der Waals surface area contributed by atoms with Gasteiger partial charge in [-0.3, -0.25) is 0 Å². The van der Waals surface area contributed by atoms with Gasteiger partial charge in [-0.05, 0) is 44.2 Å². The average molecular weight is 267 g/mol. The van der Waals surface area contributed by atoms with E-state index in [9.17, 15) is 5.11 Å². The van der Waals surface area contributed by atoms with Gasteiger partial charge in [0.15, 0.2) is 0 Å². The van der Waals surface area contributed by atoms with Crippen molar-refractivity contribution >= 4 is 0 Å². The molecule has 4 N–H and O–H groups in total. The van der Waals surface area contributed by atoms with Crippen LogP contribution in [0.4, 0.5) is 0 Å². The number of hydrogen-bond acceptors (Lipinski definition) is 4. The molecule has 0 heterocycles. The maximum Gasteiger partial charge on any atom is 0.122 e. The summed E-state index contributed by atoms with van der Waals surface area (Å²) in [5.74, 6) is 0.835. The third-order valence-corrected chi connectivity index (χ3v) is 3.16. The van der Waals surface area contributed by atoms with E-state index in [1.54, 1.807) is 6.92 Å². The summed E-state index contributed by atoms with van der Waals surface area (Å²) in [6.07, 6.45) is 3.05. The Morgan fingerprint density at radius 3 is 2.68 bits per heavy atom. The molecular formula is C15H25NO3. The largest absolute Gasteiger partial charge is 0.493 e. The van der Waals surface area contributed by atoms with E-state index in [1.807, 2.05) is 24.3 Å². The van der Waals surface area contributed by atoms with E-state index >= 15 is 0 Å². The summed E-state index contributed by atoms with van der Waals surface area (Å²) in [6, 6.07) is 7.75. The van der Waals surface area contributed by atoms with Crippen molar-refractivity contribution in [3.8, 4) is 5.75 Å². The SMILES string of the molecule is CC(O)(CN)CCCCOc1ccccc1CCO. The minimum Gasteiger partial charge on any atom is -0.493 e. The topological polar surface area (TPSA) is 75.7 Å². The highest BCUT2D eigenvalue weighted by Crippen LogP contribution is 2.19. The van der Waals surface area contributed by atoms with E-state index in [2.05, 4.69) is 0 Å². The fraction of sp³-hybridized carbons (Fsp3) is 0.600. The summed E-state index contributed by atoms with van der Waals surface area (Å²) in [7, 11) is 0. The first-order valence-corrected chi connectivity index (χ1v) is 6.83. The van der Waals surface area contributed by atoms with Crippen LogP contribution in [-0.4, -0.2) is 35.6 Å².